The Kier molecular flexibility index (Phi) is 4.22. The van der Waals surface area contributed by atoms with Crippen molar-refractivity contribution in [1.29, 1.82) is 0 Å². The Morgan fingerprint density at radius 1 is 1.19 bits per heavy atom. The van der Waals surface area contributed by atoms with Gasteiger partial charge in [-0.05, 0) is 32.0 Å². The van der Waals surface area contributed by atoms with Crippen LogP contribution in [0.25, 0.3) is 11.0 Å². The number of hydrogen-bond donors (Lipinski definition) is 2. The van der Waals surface area contributed by atoms with Gasteiger partial charge in [0.2, 0.25) is 0 Å². The lowest BCUT2D eigenvalue weighted by atomic mass is 10.1. The molecule has 0 bridgehead atoms. The van der Waals surface area contributed by atoms with Gasteiger partial charge in [0.05, 0.1) is 0 Å². The van der Waals surface area contributed by atoms with Gasteiger partial charge in [-0.1, -0.05) is 31.0 Å². The van der Waals surface area contributed by atoms with Crippen LogP contribution in [0.15, 0.2) is 28.7 Å². The molecule has 5 nitrogen and oxygen atoms in total. The standard InChI is InChI=1S/C16H21N3O2/c17-18-16(20)15-13(11-19-9-5-1-2-6-10-19)12-7-3-4-8-14(12)21-15/h3-4,7-8H,1-2,5-6,9-11,17H2,(H,18,20). The fraction of sp³-hybridized carbons (Fsp3) is 0.438. The molecule has 1 fully saturated rings. The van der Waals surface area contributed by atoms with E-state index in [1.165, 1.54) is 25.7 Å². The highest BCUT2D eigenvalue weighted by Crippen LogP contribution is 2.27. The van der Waals surface area contributed by atoms with Crippen molar-refractivity contribution in [3.63, 3.8) is 0 Å². The first-order chi connectivity index (χ1) is 10.3. The molecule has 21 heavy (non-hydrogen) atoms. The molecule has 1 aromatic heterocycles. The highest BCUT2D eigenvalue weighted by Gasteiger charge is 2.22. The molecular weight excluding hydrogens is 266 g/mol. The minimum Gasteiger partial charge on any atom is -0.451 e. The lowest BCUT2D eigenvalue weighted by Crippen LogP contribution is -2.31. The van der Waals surface area contributed by atoms with E-state index >= 15 is 0 Å². The minimum atomic E-state index is -0.365. The number of nitrogens with two attached hydrogens (primary N) is 1. The van der Waals surface area contributed by atoms with E-state index in [9.17, 15) is 4.79 Å². The number of nitrogen functional groups attached to an aromatic ring is 1. The highest BCUT2D eigenvalue weighted by molar-refractivity contribution is 5.98. The molecule has 1 amide bonds. The van der Waals surface area contributed by atoms with Gasteiger partial charge in [-0.25, -0.2) is 5.84 Å². The number of rotatable bonds is 3. The number of nitrogens with one attached hydrogen (secondary N) is 1. The largest absolute Gasteiger partial charge is 0.451 e. The lowest BCUT2D eigenvalue weighted by Gasteiger charge is -2.19. The van der Waals surface area contributed by atoms with Crippen LogP contribution in [-0.4, -0.2) is 23.9 Å². The SMILES string of the molecule is NNC(=O)c1oc2ccccc2c1CN1CCCCCC1. The van der Waals surface area contributed by atoms with Crippen molar-refractivity contribution in [3.8, 4) is 0 Å². The zero-order valence-electron chi connectivity index (χ0n) is 12.1. The van der Waals surface area contributed by atoms with Crippen molar-refractivity contribution in [3.05, 3.63) is 35.6 Å². The summed E-state index contributed by atoms with van der Waals surface area (Å²) < 4.78 is 5.71. The Labute approximate surface area is 124 Å². The van der Waals surface area contributed by atoms with E-state index in [0.717, 1.165) is 36.2 Å². The van der Waals surface area contributed by atoms with E-state index in [0.29, 0.717) is 5.76 Å². The molecule has 3 N–H and O–H groups in total. The number of carbonyl (C=O) groups is 1. The van der Waals surface area contributed by atoms with Gasteiger partial charge in [0.25, 0.3) is 0 Å². The normalized spacial score (nSPS) is 16.8. The summed E-state index contributed by atoms with van der Waals surface area (Å²) in [6.45, 7) is 2.88. The molecule has 1 aliphatic rings. The van der Waals surface area contributed by atoms with E-state index in [1.807, 2.05) is 24.3 Å². The first-order valence-electron chi connectivity index (χ1n) is 7.53. The Morgan fingerprint density at radius 3 is 2.62 bits per heavy atom. The van der Waals surface area contributed by atoms with Crippen LogP contribution in [0.2, 0.25) is 0 Å². The van der Waals surface area contributed by atoms with E-state index in [-0.39, 0.29) is 5.91 Å². The Balaban J connectivity index is 1.96. The number of furan rings is 1. The molecule has 2 heterocycles. The molecule has 0 saturated carbocycles. The van der Waals surface area contributed by atoms with Gasteiger partial charge in [-0.2, -0.15) is 0 Å². The van der Waals surface area contributed by atoms with Crippen molar-refractivity contribution < 1.29 is 9.21 Å². The summed E-state index contributed by atoms with van der Waals surface area (Å²) in [6, 6.07) is 7.76. The zero-order chi connectivity index (χ0) is 14.7. The lowest BCUT2D eigenvalue weighted by molar-refractivity contribution is 0.0925. The van der Waals surface area contributed by atoms with Crippen LogP contribution < -0.4 is 11.3 Å². The van der Waals surface area contributed by atoms with Gasteiger partial charge >= 0.3 is 5.91 Å². The zero-order valence-corrected chi connectivity index (χ0v) is 12.1. The Morgan fingerprint density at radius 2 is 1.90 bits per heavy atom. The molecule has 0 radical (unpaired) electrons. The molecular formula is C16H21N3O2. The number of fused-ring (bicyclic) bond motifs is 1. The van der Waals surface area contributed by atoms with Gasteiger partial charge in [-0.3, -0.25) is 15.1 Å². The van der Waals surface area contributed by atoms with Crippen LogP contribution >= 0.6 is 0 Å². The summed E-state index contributed by atoms with van der Waals surface area (Å²) in [5.41, 5.74) is 3.86. The number of likely N-dealkylation sites (tertiary alicyclic amines) is 1. The smallest absolute Gasteiger partial charge is 0.301 e. The number of hydrogen-bond acceptors (Lipinski definition) is 4. The maximum atomic E-state index is 12.0. The van der Waals surface area contributed by atoms with Gasteiger partial charge in [0.1, 0.15) is 5.58 Å². The summed E-state index contributed by atoms with van der Waals surface area (Å²) in [5, 5.41) is 1.00. The van der Waals surface area contributed by atoms with Crippen LogP contribution in [0.5, 0.6) is 0 Å². The summed E-state index contributed by atoms with van der Waals surface area (Å²) in [6.07, 6.45) is 5.01. The average molecular weight is 287 g/mol. The van der Waals surface area contributed by atoms with E-state index < -0.39 is 0 Å². The molecule has 0 unspecified atom stereocenters. The van der Waals surface area contributed by atoms with Crippen molar-refractivity contribution in [2.75, 3.05) is 13.1 Å². The maximum absolute atomic E-state index is 12.0. The summed E-state index contributed by atoms with van der Waals surface area (Å²) in [7, 11) is 0. The molecule has 1 aliphatic heterocycles. The molecule has 5 heteroatoms. The van der Waals surface area contributed by atoms with Gasteiger partial charge in [-0.15, -0.1) is 0 Å². The molecule has 1 saturated heterocycles. The monoisotopic (exact) mass is 287 g/mol. The van der Waals surface area contributed by atoms with Crippen LogP contribution in [0, 0.1) is 0 Å². The van der Waals surface area contributed by atoms with Crippen LogP contribution in [-0.2, 0) is 6.54 Å². The van der Waals surface area contributed by atoms with Crippen molar-refractivity contribution in [2.45, 2.75) is 32.2 Å². The summed E-state index contributed by atoms with van der Waals surface area (Å²) in [5.74, 6) is 5.25. The molecule has 2 aromatic rings. The molecule has 0 atom stereocenters. The third-order valence-corrected chi connectivity index (χ3v) is 4.12. The van der Waals surface area contributed by atoms with E-state index in [4.69, 9.17) is 10.3 Å². The molecule has 112 valence electrons. The molecule has 0 spiro atoms. The molecule has 3 rings (SSSR count). The predicted molar refractivity (Wildman–Crippen MR) is 81.6 cm³/mol. The van der Waals surface area contributed by atoms with Gasteiger partial charge in [0.15, 0.2) is 5.76 Å². The first kappa shape index (κ1) is 14.1. The summed E-state index contributed by atoms with van der Waals surface area (Å²) in [4.78, 5) is 14.4. The van der Waals surface area contributed by atoms with Crippen LogP contribution in [0.3, 0.4) is 0 Å². The fourth-order valence-corrected chi connectivity index (χ4v) is 3.02. The minimum absolute atomic E-state index is 0.336. The quantitative estimate of drug-likeness (QED) is 0.516. The number of para-hydroxylation sites is 1. The van der Waals surface area contributed by atoms with Crippen LogP contribution in [0.1, 0.15) is 41.8 Å². The summed E-state index contributed by atoms with van der Waals surface area (Å²) >= 11 is 0. The Bertz CT molecular complexity index is 627. The second-order valence-corrected chi connectivity index (χ2v) is 5.57. The van der Waals surface area contributed by atoms with Crippen molar-refractivity contribution in [1.82, 2.24) is 10.3 Å². The average Bonchev–Trinajstić information content (AvgIpc) is 2.69. The maximum Gasteiger partial charge on any atom is 0.301 e. The second kappa shape index (κ2) is 6.28. The molecule has 1 aromatic carbocycles. The van der Waals surface area contributed by atoms with E-state index in [1.54, 1.807) is 0 Å². The topological polar surface area (TPSA) is 71.5 Å². The highest BCUT2D eigenvalue weighted by atomic mass is 16.3. The Hall–Kier alpha value is -1.85. The number of amides is 1. The predicted octanol–water partition coefficient (Wildman–Crippen LogP) is 2.41. The van der Waals surface area contributed by atoms with Gasteiger partial charge in [0, 0.05) is 17.5 Å². The number of nitrogens with zero attached hydrogens (tertiary/aromatic N) is 1. The number of hydrazine groups is 1. The third kappa shape index (κ3) is 2.94. The first-order valence-corrected chi connectivity index (χ1v) is 7.53. The number of carbonyl (C=O) groups excluding carboxylic acids is 1. The van der Waals surface area contributed by atoms with Crippen molar-refractivity contribution in [2.24, 2.45) is 5.84 Å². The third-order valence-electron chi connectivity index (χ3n) is 4.12. The van der Waals surface area contributed by atoms with E-state index in [2.05, 4.69) is 10.3 Å². The van der Waals surface area contributed by atoms with Crippen molar-refractivity contribution >= 4 is 16.9 Å². The van der Waals surface area contributed by atoms with Crippen LogP contribution in [0.4, 0.5) is 0 Å². The molecule has 0 aliphatic carbocycles. The van der Waals surface area contributed by atoms with Gasteiger partial charge < -0.3 is 4.42 Å². The second-order valence-electron chi connectivity index (χ2n) is 5.57. The fourth-order valence-electron chi connectivity index (χ4n) is 3.02. The number of benzene rings is 1.